The Bertz CT molecular complexity index is 854. The van der Waals surface area contributed by atoms with Crippen molar-refractivity contribution in [1.29, 1.82) is 0 Å². The summed E-state index contributed by atoms with van der Waals surface area (Å²) in [4.78, 5) is 15.0. The Kier molecular flexibility index (Phi) is 5.37. The van der Waals surface area contributed by atoms with E-state index in [2.05, 4.69) is 5.16 Å². The topological polar surface area (TPSA) is 55.6 Å². The van der Waals surface area contributed by atoms with Crippen molar-refractivity contribution in [2.75, 3.05) is 7.11 Å². The van der Waals surface area contributed by atoms with Crippen molar-refractivity contribution in [3.8, 4) is 17.1 Å². The highest BCUT2D eigenvalue weighted by Crippen LogP contribution is 2.27. The summed E-state index contributed by atoms with van der Waals surface area (Å²) in [5.41, 5.74) is 2.33. The van der Waals surface area contributed by atoms with Crippen LogP contribution < -0.4 is 4.74 Å². The number of benzene rings is 2. The van der Waals surface area contributed by atoms with Gasteiger partial charge in [-0.3, -0.25) is 4.79 Å². The third-order valence-electron chi connectivity index (χ3n) is 4.23. The van der Waals surface area contributed by atoms with Crippen molar-refractivity contribution in [3.05, 3.63) is 71.9 Å². The van der Waals surface area contributed by atoms with Gasteiger partial charge in [-0.05, 0) is 43.7 Å². The molecule has 0 saturated carbocycles. The first kappa shape index (κ1) is 17.7. The van der Waals surface area contributed by atoms with Crippen LogP contribution in [-0.2, 0) is 6.54 Å². The average molecular weight is 350 g/mol. The Hall–Kier alpha value is -3.08. The average Bonchev–Trinajstić information content (AvgIpc) is 3.16. The molecule has 1 aromatic heterocycles. The predicted molar refractivity (Wildman–Crippen MR) is 99.9 cm³/mol. The fourth-order valence-electron chi connectivity index (χ4n) is 2.77. The number of carbonyl (C=O) groups is 1. The number of nitrogens with zero attached hydrogens (tertiary/aromatic N) is 2. The van der Waals surface area contributed by atoms with Gasteiger partial charge < -0.3 is 14.2 Å². The zero-order valence-corrected chi connectivity index (χ0v) is 15.2. The van der Waals surface area contributed by atoms with Crippen LogP contribution in [-0.4, -0.2) is 29.1 Å². The molecule has 1 heterocycles. The monoisotopic (exact) mass is 350 g/mol. The largest absolute Gasteiger partial charge is 0.497 e. The predicted octanol–water partition coefficient (Wildman–Crippen LogP) is 4.40. The van der Waals surface area contributed by atoms with E-state index in [0.717, 1.165) is 16.9 Å². The van der Waals surface area contributed by atoms with E-state index in [9.17, 15) is 4.79 Å². The maximum Gasteiger partial charge on any atom is 0.260 e. The second-order valence-electron chi connectivity index (χ2n) is 6.31. The second kappa shape index (κ2) is 7.87. The number of methoxy groups -OCH3 is 1. The second-order valence-corrected chi connectivity index (χ2v) is 6.31. The molecule has 0 radical (unpaired) electrons. The molecule has 0 N–H and O–H groups in total. The molecule has 0 aliphatic heterocycles. The molecule has 0 unspecified atom stereocenters. The van der Waals surface area contributed by atoms with Crippen LogP contribution in [0.2, 0.25) is 0 Å². The van der Waals surface area contributed by atoms with Gasteiger partial charge in [-0.25, -0.2) is 0 Å². The molecule has 3 aromatic rings. The third-order valence-corrected chi connectivity index (χ3v) is 4.23. The fraction of sp³-hybridized carbons (Fsp3) is 0.238. The molecule has 1 amide bonds. The summed E-state index contributed by atoms with van der Waals surface area (Å²) in [6.07, 6.45) is 1.49. The zero-order chi connectivity index (χ0) is 18.5. The number of hydrogen-bond acceptors (Lipinski definition) is 4. The lowest BCUT2D eigenvalue weighted by Gasteiger charge is -2.26. The summed E-state index contributed by atoms with van der Waals surface area (Å²) < 4.78 is 10.6. The number of aromatic nitrogens is 1. The smallest absolute Gasteiger partial charge is 0.260 e. The minimum Gasteiger partial charge on any atom is -0.497 e. The number of hydrogen-bond donors (Lipinski definition) is 0. The summed E-state index contributed by atoms with van der Waals surface area (Å²) in [6, 6.07) is 17.4. The normalized spacial score (nSPS) is 10.8. The Morgan fingerprint density at radius 3 is 2.42 bits per heavy atom. The first-order valence-electron chi connectivity index (χ1n) is 8.54. The molecule has 5 heteroatoms. The lowest BCUT2D eigenvalue weighted by molar-refractivity contribution is 0.0690. The van der Waals surface area contributed by atoms with E-state index in [1.165, 1.54) is 6.20 Å². The van der Waals surface area contributed by atoms with E-state index in [1.807, 2.05) is 73.3 Å². The molecule has 2 aromatic carbocycles. The van der Waals surface area contributed by atoms with E-state index in [4.69, 9.17) is 9.26 Å². The van der Waals surface area contributed by atoms with E-state index in [0.29, 0.717) is 17.9 Å². The SMILES string of the molecule is COc1ccc(-c2oncc2C(=O)N(Cc2ccccc2)C(C)C)cc1. The van der Waals surface area contributed by atoms with Crippen LogP contribution in [0.4, 0.5) is 0 Å². The molecule has 26 heavy (non-hydrogen) atoms. The lowest BCUT2D eigenvalue weighted by atomic mass is 10.1. The van der Waals surface area contributed by atoms with Gasteiger partial charge in [-0.1, -0.05) is 35.5 Å². The molecule has 0 spiro atoms. The Labute approximate surface area is 153 Å². The van der Waals surface area contributed by atoms with Crippen LogP contribution in [0.25, 0.3) is 11.3 Å². The van der Waals surface area contributed by atoms with Gasteiger partial charge in [0.05, 0.1) is 13.3 Å². The molecular weight excluding hydrogens is 328 g/mol. The highest BCUT2D eigenvalue weighted by atomic mass is 16.5. The van der Waals surface area contributed by atoms with E-state index >= 15 is 0 Å². The molecule has 0 atom stereocenters. The third kappa shape index (κ3) is 3.77. The number of rotatable bonds is 6. The molecule has 134 valence electrons. The van der Waals surface area contributed by atoms with Gasteiger partial charge in [0, 0.05) is 18.2 Å². The summed E-state index contributed by atoms with van der Waals surface area (Å²) in [6.45, 7) is 4.54. The van der Waals surface area contributed by atoms with Gasteiger partial charge in [0.25, 0.3) is 5.91 Å². The summed E-state index contributed by atoms with van der Waals surface area (Å²) in [5, 5.41) is 3.86. The molecule has 0 fully saturated rings. The number of ether oxygens (including phenoxy) is 1. The Morgan fingerprint density at radius 2 is 1.81 bits per heavy atom. The van der Waals surface area contributed by atoms with Crippen LogP contribution in [0.5, 0.6) is 5.75 Å². The molecule has 3 rings (SSSR count). The van der Waals surface area contributed by atoms with Crippen molar-refractivity contribution in [3.63, 3.8) is 0 Å². The number of amides is 1. The van der Waals surface area contributed by atoms with Crippen molar-refractivity contribution < 1.29 is 14.1 Å². The van der Waals surface area contributed by atoms with Gasteiger partial charge in [-0.15, -0.1) is 0 Å². The Morgan fingerprint density at radius 1 is 1.12 bits per heavy atom. The highest BCUT2D eigenvalue weighted by molar-refractivity contribution is 5.99. The first-order chi connectivity index (χ1) is 12.6. The van der Waals surface area contributed by atoms with E-state index < -0.39 is 0 Å². The fourth-order valence-corrected chi connectivity index (χ4v) is 2.77. The van der Waals surface area contributed by atoms with Gasteiger partial charge in [0.2, 0.25) is 0 Å². The van der Waals surface area contributed by atoms with Crippen LogP contribution in [0.3, 0.4) is 0 Å². The highest BCUT2D eigenvalue weighted by Gasteiger charge is 2.25. The molecule has 0 aliphatic rings. The van der Waals surface area contributed by atoms with Crippen LogP contribution >= 0.6 is 0 Å². The quantitative estimate of drug-likeness (QED) is 0.661. The molecular formula is C21H22N2O3. The molecule has 0 bridgehead atoms. The summed E-state index contributed by atoms with van der Waals surface area (Å²) >= 11 is 0. The lowest BCUT2D eigenvalue weighted by Crippen LogP contribution is -2.36. The standard InChI is InChI=1S/C21H22N2O3/c1-15(2)23(14-16-7-5-4-6-8-16)21(24)19-13-22-26-20(19)17-9-11-18(25-3)12-10-17/h4-13,15H,14H2,1-3H3. The van der Waals surface area contributed by atoms with Crippen molar-refractivity contribution in [1.82, 2.24) is 10.1 Å². The van der Waals surface area contributed by atoms with Crippen LogP contribution in [0.15, 0.2) is 65.3 Å². The van der Waals surface area contributed by atoms with Crippen LogP contribution in [0, 0.1) is 0 Å². The summed E-state index contributed by atoms with van der Waals surface area (Å²) in [5.74, 6) is 1.11. The molecule has 0 saturated heterocycles. The van der Waals surface area contributed by atoms with Gasteiger partial charge >= 0.3 is 0 Å². The van der Waals surface area contributed by atoms with Crippen molar-refractivity contribution >= 4 is 5.91 Å². The minimum atomic E-state index is -0.101. The maximum absolute atomic E-state index is 13.2. The van der Waals surface area contributed by atoms with Gasteiger partial charge in [0.15, 0.2) is 5.76 Å². The Balaban J connectivity index is 1.89. The molecule has 5 nitrogen and oxygen atoms in total. The summed E-state index contributed by atoms with van der Waals surface area (Å²) in [7, 11) is 1.61. The number of carbonyl (C=O) groups excluding carboxylic acids is 1. The maximum atomic E-state index is 13.2. The van der Waals surface area contributed by atoms with E-state index in [-0.39, 0.29) is 11.9 Å². The first-order valence-corrected chi connectivity index (χ1v) is 8.54. The van der Waals surface area contributed by atoms with E-state index in [1.54, 1.807) is 7.11 Å². The van der Waals surface area contributed by atoms with Gasteiger partial charge in [-0.2, -0.15) is 0 Å². The van der Waals surface area contributed by atoms with Crippen molar-refractivity contribution in [2.24, 2.45) is 0 Å². The van der Waals surface area contributed by atoms with Gasteiger partial charge in [0.1, 0.15) is 11.3 Å². The van der Waals surface area contributed by atoms with Crippen LogP contribution in [0.1, 0.15) is 29.8 Å². The minimum absolute atomic E-state index is 0.0429. The molecule has 0 aliphatic carbocycles. The zero-order valence-electron chi connectivity index (χ0n) is 15.2. The van der Waals surface area contributed by atoms with Crippen molar-refractivity contribution in [2.45, 2.75) is 26.4 Å².